The van der Waals surface area contributed by atoms with Crippen LogP contribution < -0.4 is 0 Å². The molecule has 0 fully saturated rings. The fourth-order valence-corrected chi connectivity index (χ4v) is 9.99. The molecule has 0 unspecified atom stereocenters. The van der Waals surface area contributed by atoms with Gasteiger partial charge in [0.25, 0.3) is 0 Å². The summed E-state index contributed by atoms with van der Waals surface area (Å²) in [5, 5.41) is 2.61. The lowest BCUT2D eigenvalue weighted by Crippen LogP contribution is -2.29. The highest BCUT2D eigenvalue weighted by Gasteiger charge is 2.49. The van der Waals surface area contributed by atoms with Crippen LogP contribution in [-0.2, 0) is 21.7 Å². The molecule has 0 heteroatoms. The van der Waals surface area contributed by atoms with E-state index in [1.165, 1.54) is 99.8 Å². The van der Waals surface area contributed by atoms with E-state index in [4.69, 9.17) is 0 Å². The minimum absolute atomic E-state index is 0.0442. The average Bonchev–Trinajstić information content (AvgIpc) is 3.59. The molecule has 56 heavy (non-hydrogen) atoms. The summed E-state index contributed by atoms with van der Waals surface area (Å²) in [6.45, 7) is 23.2. The van der Waals surface area contributed by atoms with Crippen LogP contribution in [-0.4, -0.2) is 0 Å². The first-order chi connectivity index (χ1) is 26.6. The van der Waals surface area contributed by atoms with Crippen LogP contribution >= 0.6 is 0 Å². The third-order valence-corrected chi connectivity index (χ3v) is 13.2. The molecule has 0 amide bonds. The Morgan fingerprint density at radius 1 is 0.500 bits per heavy atom. The first-order valence-electron chi connectivity index (χ1n) is 20.4. The topological polar surface area (TPSA) is 0 Å². The molecule has 7 aromatic rings. The van der Waals surface area contributed by atoms with E-state index in [2.05, 4.69) is 215 Å². The Labute approximate surface area is 335 Å². The maximum atomic E-state index is 2.60. The van der Waals surface area contributed by atoms with Crippen molar-refractivity contribution in [2.75, 3.05) is 0 Å². The summed E-state index contributed by atoms with van der Waals surface area (Å²) in [6, 6.07) is 54.0. The first kappa shape index (κ1) is 36.2. The molecule has 0 spiro atoms. The molecule has 0 heterocycles. The predicted octanol–water partition coefficient (Wildman–Crippen LogP) is 15.0. The molecule has 2 aliphatic rings. The van der Waals surface area contributed by atoms with Crippen LogP contribution in [0.5, 0.6) is 0 Å². The van der Waals surface area contributed by atoms with Crippen molar-refractivity contribution < 1.29 is 0 Å². The number of allylic oxidation sites excluding steroid dienone is 1. The summed E-state index contributed by atoms with van der Waals surface area (Å²) in [4.78, 5) is 0. The van der Waals surface area contributed by atoms with Crippen LogP contribution in [0.2, 0.25) is 0 Å². The van der Waals surface area contributed by atoms with Gasteiger partial charge >= 0.3 is 0 Å². The minimum atomic E-state index is -0.560. The van der Waals surface area contributed by atoms with E-state index in [0.717, 1.165) is 0 Å². The van der Waals surface area contributed by atoms with Gasteiger partial charge in [-0.15, -0.1) is 0 Å². The molecule has 0 N–H and O–H groups in total. The second kappa shape index (κ2) is 12.5. The Morgan fingerprint density at radius 3 is 1.64 bits per heavy atom. The quantitative estimate of drug-likeness (QED) is 0.158. The molecule has 0 aromatic heterocycles. The lowest BCUT2D eigenvalue weighted by molar-refractivity contribution is 0.588. The van der Waals surface area contributed by atoms with E-state index in [1.807, 2.05) is 0 Å². The van der Waals surface area contributed by atoms with Gasteiger partial charge in [0.05, 0.1) is 5.41 Å². The summed E-state index contributed by atoms with van der Waals surface area (Å²) in [7, 11) is 0. The van der Waals surface area contributed by atoms with Crippen LogP contribution in [0.25, 0.3) is 44.7 Å². The van der Waals surface area contributed by atoms with E-state index in [1.54, 1.807) is 0 Å². The number of hydrogen-bond acceptors (Lipinski definition) is 0. The Kier molecular flexibility index (Phi) is 8.09. The summed E-state index contributed by atoms with van der Waals surface area (Å²) in [5.74, 6) is 0. The molecule has 2 aliphatic carbocycles. The fraction of sp³-hybridized carbons (Fsp3) is 0.250. The van der Waals surface area contributed by atoms with Gasteiger partial charge in [-0.2, -0.15) is 0 Å². The predicted molar refractivity (Wildman–Crippen MR) is 241 cm³/mol. The maximum absolute atomic E-state index is 2.60. The average molecular weight is 727 g/mol. The van der Waals surface area contributed by atoms with Gasteiger partial charge in [0, 0.05) is 5.41 Å². The Balaban J connectivity index is 1.45. The van der Waals surface area contributed by atoms with Gasteiger partial charge in [0.2, 0.25) is 0 Å². The lowest BCUT2D eigenvalue weighted by atomic mass is 9.66. The Morgan fingerprint density at radius 2 is 1.04 bits per heavy atom. The van der Waals surface area contributed by atoms with Gasteiger partial charge in [-0.25, -0.2) is 0 Å². The molecule has 0 saturated heterocycles. The van der Waals surface area contributed by atoms with Crippen molar-refractivity contribution in [3.8, 4) is 22.3 Å². The lowest BCUT2D eigenvalue weighted by Gasteiger charge is -2.36. The van der Waals surface area contributed by atoms with Crippen LogP contribution in [0.3, 0.4) is 0 Å². The number of rotatable bonds is 4. The normalized spacial score (nSPS) is 15.4. The molecular formula is C56H54. The molecule has 0 nitrogen and oxygen atoms in total. The van der Waals surface area contributed by atoms with Crippen LogP contribution in [0.4, 0.5) is 0 Å². The maximum Gasteiger partial charge on any atom is 0.0714 e. The number of hydrogen-bond donors (Lipinski definition) is 0. The third kappa shape index (κ3) is 5.32. The summed E-state index contributed by atoms with van der Waals surface area (Å²) in [6.07, 6.45) is 2.39. The molecule has 278 valence electrons. The zero-order chi connectivity index (χ0) is 39.4. The van der Waals surface area contributed by atoms with E-state index >= 15 is 0 Å². The molecule has 0 bridgehead atoms. The Bertz CT molecular complexity index is 2660. The molecular weight excluding hydrogens is 673 g/mol. The highest BCUT2D eigenvalue weighted by atomic mass is 14.5. The van der Waals surface area contributed by atoms with Crippen molar-refractivity contribution in [1.82, 2.24) is 0 Å². The second-order valence-corrected chi connectivity index (χ2v) is 19.1. The van der Waals surface area contributed by atoms with Crippen LogP contribution in [0, 0.1) is 6.92 Å². The van der Waals surface area contributed by atoms with Crippen molar-refractivity contribution in [1.29, 1.82) is 0 Å². The van der Waals surface area contributed by atoms with E-state index in [-0.39, 0.29) is 16.2 Å². The standard InChI is InChI=1S/C56H54/c1-35-17-11-12-18-37(35)31-36(2)45-32-51-52(44-21-14-13-19-42(44)45)47-34-49-46(43-20-15-16-22-48(43)55(49,9)10)33-50(47)56(51,40-27-23-38(24-28-40)53(3,4)5)41-29-25-39(26-30-41)54(6,7)8/h11-34H,1-10H3/b36-31+. The molecule has 0 saturated carbocycles. The summed E-state index contributed by atoms with van der Waals surface area (Å²) >= 11 is 0. The zero-order valence-electron chi connectivity index (χ0n) is 34.9. The SMILES string of the molecule is C/C(=C\c1ccccc1C)c1cc2c(c3ccccc13)-c1cc3c(cc1C2(c1ccc(C(C)(C)C)cc1)c1ccc(C(C)(C)C)cc1)-c1ccccc1C3(C)C. The van der Waals surface area contributed by atoms with E-state index in [0.29, 0.717) is 0 Å². The minimum Gasteiger partial charge on any atom is -0.0620 e. The largest absolute Gasteiger partial charge is 0.0714 e. The molecule has 7 aromatic carbocycles. The number of benzene rings is 7. The highest BCUT2D eigenvalue weighted by molar-refractivity contribution is 6.10. The monoisotopic (exact) mass is 726 g/mol. The van der Waals surface area contributed by atoms with Gasteiger partial charge in [-0.1, -0.05) is 183 Å². The Hall–Kier alpha value is -5.46. The second-order valence-electron chi connectivity index (χ2n) is 19.1. The first-order valence-corrected chi connectivity index (χ1v) is 20.4. The molecule has 0 atom stereocenters. The highest BCUT2D eigenvalue weighted by Crippen LogP contribution is 2.62. The van der Waals surface area contributed by atoms with Crippen molar-refractivity contribution >= 4 is 22.4 Å². The van der Waals surface area contributed by atoms with Crippen molar-refractivity contribution in [3.05, 3.63) is 201 Å². The van der Waals surface area contributed by atoms with Gasteiger partial charge in [-0.05, 0) is 143 Å². The van der Waals surface area contributed by atoms with Gasteiger partial charge in [0.1, 0.15) is 0 Å². The van der Waals surface area contributed by atoms with Gasteiger partial charge < -0.3 is 0 Å². The smallest absolute Gasteiger partial charge is 0.0620 e. The van der Waals surface area contributed by atoms with E-state index < -0.39 is 5.41 Å². The van der Waals surface area contributed by atoms with Crippen LogP contribution in [0.15, 0.2) is 140 Å². The van der Waals surface area contributed by atoms with Crippen molar-refractivity contribution in [2.45, 2.75) is 90.9 Å². The van der Waals surface area contributed by atoms with Crippen molar-refractivity contribution in [2.24, 2.45) is 0 Å². The van der Waals surface area contributed by atoms with E-state index in [9.17, 15) is 0 Å². The van der Waals surface area contributed by atoms with Crippen LogP contribution in [0.1, 0.15) is 124 Å². The zero-order valence-corrected chi connectivity index (χ0v) is 34.9. The number of aryl methyl sites for hydroxylation is 1. The fourth-order valence-electron chi connectivity index (χ4n) is 9.99. The van der Waals surface area contributed by atoms with Crippen molar-refractivity contribution in [3.63, 3.8) is 0 Å². The summed E-state index contributed by atoms with van der Waals surface area (Å²) in [5.41, 5.74) is 20.8. The molecule has 0 radical (unpaired) electrons. The number of fused-ring (bicyclic) bond motifs is 8. The molecule has 9 rings (SSSR count). The summed E-state index contributed by atoms with van der Waals surface area (Å²) < 4.78 is 0. The van der Waals surface area contributed by atoms with Gasteiger partial charge in [-0.3, -0.25) is 0 Å². The van der Waals surface area contributed by atoms with Gasteiger partial charge in [0.15, 0.2) is 0 Å². The third-order valence-electron chi connectivity index (χ3n) is 13.2. The molecule has 0 aliphatic heterocycles.